The molecule has 3 rings (SSSR count). The molecule has 116 valence electrons. The van der Waals surface area contributed by atoms with Gasteiger partial charge in [0.05, 0.1) is 17.0 Å². The first kappa shape index (κ1) is 14.9. The van der Waals surface area contributed by atoms with Gasteiger partial charge in [-0.1, -0.05) is 11.6 Å². The Labute approximate surface area is 134 Å². The van der Waals surface area contributed by atoms with Gasteiger partial charge in [-0.2, -0.15) is 0 Å². The van der Waals surface area contributed by atoms with Crippen LogP contribution in [-0.4, -0.2) is 34.9 Å². The third kappa shape index (κ3) is 3.25. The first-order valence-electron chi connectivity index (χ1n) is 7.36. The van der Waals surface area contributed by atoms with Gasteiger partial charge in [-0.15, -0.1) is 0 Å². The molecule has 0 saturated carbocycles. The number of aryl methyl sites for hydroxylation is 1. The number of likely N-dealkylation sites (tertiary alicyclic amines) is 1. The molecule has 0 bridgehead atoms. The average Bonchev–Trinajstić information content (AvgIpc) is 3.05. The molecule has 2 aromatic heterocycles. The van der Waals surface area contributed by atoms with E-state index in [4.69, 9.17) is 16.0 Å². The maximum absolute atomic E-state index is 12.3. The zero-order chi connectivity index (χ0) is 15.5. The second-order valence-electron chi connectivity index (χ2n) is 5.48. The number of nitrogens with one attached hydrogen (secondary N) is 1. The lowest BCUT2D eigenvalue weighted by Gasteiger charge is -2.33. The normalized spacial score (nSPS) is 18.3. The molecule has 0 aliphatic carbocycles. The summed E-state index contributed by atoms with van der Waals surface area (Å²) in [5, 5.41) is 4.04. The number of nitrogens with zero attached hydrogens (tertiary/aromatic N) is 2. The molecule has 6 heteroatoms. The summed E-state index contributed by atoms with van der Waals surface area (Å²) >= 11 is 5.99. The van der Waals surface area contributed by atoms with Gasteiger partial charge >= 0.3 is 0 Å². The summed E-state index contributed by atoms with van der Waals surface area (Å²) in [6.07, 6.45) is 3.48. The van der Waals surface area contributed by atoms with Crippen molar-refractivity contribution in [3.05, 3.63) is 47.0 Å². The predicted octanol–water partition coefficient (Wildman–Crippen LogP) is 3.35. The van der Waals surface area contributed by atoms with Crippen molar-refractivity contribution in [2.45, 2.75) is 25.8 Å². The van der Waals surface area contributed by atoms with Gasteiger partial charge in [0.15, 0.2) is 5.76 Å². The number of hydrogen-bond donors (Lipinski definition) is 1. The summed E-state index contributed by atoms with van der Waals surface area (Å²) in [5.41, 5.74) is 0.797. The zero-order valence-electron chi connectivity index (χ0n) is 12.4. The Bertz CT molecular complexity index is 657. The Morgan fingerprint density at radius 3 is 3.05 bits per heavy atom. The molecule has 0 aromatic carbocycles. The summed E-state index contributed by atoms with van der Waals surface area (Å²) < 4.78 is 5.19. The fraction of sp³-hybridized carbons (Fsp3) is 0.375. The van der Waals surface area contributed by atoms with Crippen LogP contribution in [0, 0.1) is 6.92 Å². The van der Waals surface area contributed by atoms with Crippen molar-refractivity contribution in [2.75, 3.05) is 18.4 Å². The van der Waals surface area contributed by atoms with Crippen molar-refractivity contribution < 1.29 is 9.21 Å². The third-order valence-corrected chi connectivity index (χ3v) is 4.21. The lowest BCUT2D eigenvalue weighted by molar-refractivity contribution is 0.0682. The first-order chi connectivity index (χ1) is 10.6. The second kappa shape index (κ2) is 6.40. The number of carbonyl (C=O) groups is 1. The topological polar surface area (TPSA) is 58.4 Å². The van der Waals surface area contributed by atoms with Crippen molar-refractivity contribution in [3.63, 3.8) is 0 Å². The van der Waals surface area contributed by atoms with Gasteiger partial charge in [-0.05, 0) is 44.0 Å². The van der Waals surface area contributed by atoms with E-state index >= 15 is 0 Å². The van der Waals surface area contributed by atoms with E-state index in [0.29, 0.717) is 17.3 Å². The molecule has 1 unspecified atom stereocenters. The molecule has 1 fully saturated rings. The van der Waals surface area contributed by atoms with Gasteiger partial charge in [0.25, 0.3) is 5.91 Å². The number of piperidine rings is 1. The maximum atomic E-state index is 12.3. The van der Waals surface area contributed by atoms with E-state index in [-0.39, 0.29) is 11.9 Å². The predicted molar refractivity (Wildman–Crippen MR) is 85.2 cm³/mol. The highest BCUT2D eigenvalue weighted by molar-refractivity contribution is 6.31. The lowest BCUT2D eigenvalue weighted by atomic mass is 10.1. The molecule has 5 nitrogen and oxygen atoms in total. The van der Waals surface area contributed by atoms with E-state index < -0.39 is 0 Å². The number of rotatable bonds is 3. The molecule has 1 atom stereocenters. The van der Waals surface area contributed by atoms with E-state index in [1.165, 1.54) is 6.26 Å². The SMILES string of the molecule is Cc1nc(NC2CCCN(C(=O)c3ccco3)C2)ccc1Cl. The minimum absolute atomic E-state index is 0.0586. The summed E-state index contributed by atoms with van der Waals surface area (Å²) in [6.45, 7) is 3.27. The molecule has 1 saturated heterocycles. The number of anilines is 1. The number of carbonyl (C=O) groups excluding carboxylic acids is 1. The Morgan fingerprint density at radius 1 is 1.45 bits per heavy atom. The van der Waals surface area contributed by atoms with Crippen LogP contribution in [0.25, 0.3) is 0 Å². The highest BCUT2D eigenvalue weighted by atomic mass is 35.5. The molecule has 22 heavy (non-hydrogen) atoms. The monoisotopic (exact) mass is 319 g/mol. The molecule has 0 radical (unpaired) electrons. The number of furan rings is 1. The fourth-order valence-electron chi connectivity index (χ4n) is 2.67. The minimum atomic E-state index is -0.0586. The van der Waals surface area contributed by atoms with Gasteiger partial charge in [0, 0.05) is 19.1 Å². The van der Waals surface area contributed by atoms with Crippen LogP contribution in [0.2, 0.25) is 5.02 Å². The number of halogens is 1. The van der Waals surface area contributed by atoms with Crippen LogP contribution < -0.4 is 5.32 Å². The Balaban J connectivity index is 1.65. The quantitative estimate of drug-likeness (QED) is 0.942. The molecule has 1 amide bonds. The van der Waals surface area contributed by atoms with Gasteiger partial charge in [0.2, 0.25) is 0 Å². The van der Waals surface area contributed by atoms with Gasteiger partial charge in [-0.3, -0.25) is 4.79 Å². The summed E-state index contributed by atoms with van der Waals surface area (Å²) in [7, 11) is 0. The van der Waals surface area contributed by atoms with E-state index in [0.717, 1.165) is 30.9 Å². The van der Waals surface area contributed by atoms with Gasteiger partial charge < -0.3 is 14.6 Å². The summed E-state index contributed by atoms with van der Waals surface area (Å²) in [5.74, 6) is 1.12. The summed E-state index contributed by atoms with van der Waals surface area (Å²) in [4.78, 5) is 18.6. The van der Waals surface area contributed by atoms with Crippen LogP contribution >= 0.6 is 11.6 Å². The van der Waals surface area contributed by atoms with Crippen molar-refractivity contribution in [1.29, 1.82) is 0 Å². The highest BCUT2D eigenvalue weighted by Gasteiger charge is 2.26. The van der Waals surface area contributed by atoms with Crippen LogP contribution in [0.3, 0.4) is 0 Å². The van der Waals surface area contributed by atoms with E-state index in [1.807, 2.05) is 24.0 Å². The van der Waals surface area contributed by atoms with Crippen molar-refractivity contribution in [1.82, 2.24) is 9.88 Å². The molecular formula is C16H18ClN3O2. The number of hydrogen-bond acceptors (Lipinski definition) is 4. The Kier molecular flexibility index (Phi) is 4.34. The van der Waals surface area contributed by atoms with Crippen LogP contribution in [-0.2, 0) is 0 Å². The minimum Gasteiger partial charge on any atom is -0.459 e. The smallest absolute Gasteiger partial charge is 0.289 e. The molecule has 1 N–H and O–H groups in total. The Hall–Kier alpha value is -2.01. The number of amides is 1. The summed E-state index contributed by atoms with van der Waals surface area (Å²) in [6, 6.07) is 7.31. The second-order valence-corrected chi connectivity index (χ2v) is 5.88. The molecular weight excluding hydrogens is 302 g/mol. The molecule has 2 aromatic rings. The Morgan fingerprint density at radius 2 is 2.32 bits per heavy atom. The number of aromatic nitrogens is 1. The number of pyridine rings is 1. The lowest BCUT2D eigenvalue weighted by Crippen LogP contribution is -2.45. The van der Waals surface area contributed by atoms with Crippen LogP contribution in [0.5, 0.6) is 0 Å². The van der Waals surface area contributed by atoms with Crippen molar-refractivity contribution >= 4 is 23.3 Å². The average molecular weight is 320 g/mol. The standard InChI is InChI=1S/C16H18ClN3O2/c1-11-13(17)6-7-15(18-11)19-12-4-2-8-20(10-12)16(21)14-5-3-9-22-14/h3,5-7,9,12H,2,4,8,10H2,1H3,(H,18,19). The zero-order valence-corrected chi connectivity index (χ0v) is 13.1. The van der Waals surface area contributed by atoms with Crippen LogP contribution in [0.1, 0.15) is 29.1 Å². The fourth-order valence-corrected chi connectivity index (χ4v) is 2.77. The van der Waals surface area contributed by atoms with Crippen LogP contribution in [0.4, 0.5) is 5.82 Å². The maximum Gasteiger partial charge on any atom is 0.289 e. The van der Waals surface area contributed by atoms with Crippen LogP contribution in [0.15, 0.2) is 34.9 Å². The molecule has 1 aliphatic heterocycles. The largest absolute Gasteiger partial charge is 0.459 e. The third-order valence-electron chi connectivity index (χ3n) is 3.81. The van der Waals surface area contributed by atoms with E-state index in [2.05, 4.69) is 10.3 Å². The first-order valence-corrected chi connectivity index (χ1v) is 7.74. The van der Waals surface area contributed by atoms with Crippen molar-refractivity contribution in [3.8, 4) is 0 Å². The molecule has 1 aliphatic rings. The van der Waals surface area contributed by atoms with E-state index in [9.17, 15) is 4.79 Å². The van der Waals surface area contributed by atoms with Gasteiger partial charge in [0.1, 0.15) is 5.82 Å². The highest BCUT2D eigenvalue weighted by Crippen LogP contribution is 2.20. The van der Waals surface area contributed by atoms with Gasteiger partial charge in [-0.25, -0.2) is 4.98 Å². The van der Waals surface area contributed by atoms with E-state index in [1.54, 1.807) is 12.1 Å². The molecule has 0 spiro atoms. The molecule has 3 heterocycles. The van der Waals surface area contributed by atoms with Crippen molar-refractivity contribution in [2.24, 2.45) is 0 Å².